The molecule has 2 aromatic carbocycles. The van der Waals surface area contributed by atoms with Gasteiger partial charge in [-0.05, 0) is 42.5 Å². The van der Waals surface area contributed by atoms with Gasteiger partial charge >= 0.3 is 0 Å². The zero-order valence-electron chi connectivity index (χ0n) is 15.3. The second kappa shape index (κ2) is 7.44. The van der Waals surface area contributed by atoms with E-state index in [-0.39, 0.29) is 11.8 Å². The number of carbonyl (C=O) groups is 1. The molecule has 1 saturated heterocycles. The van der Waals surface area contributed by atoms with Crippen molar-refractivity contribution >= 4 is 15.9 Å². The van der Waals surface area contributed by atoms with Crippen LogP contribution in [0.3, 0.4) is 0 Å². The van der Waals surface area contributed by atoms with E-state index in [1.54, 1.807) is 30.3 Å². The number of fused-ring (bicyclic) bond motifs is 1. The molecule has 27 heavy (non-hydrogen) atoms. The van der Waals surface area contributed by atoms with Crippen LogP contribution in [-0.2, 0) is 21.2 Å². The number of benzene rings is 2. The average molecular weight is 385 g/mol. The molecule has 4 rings (SSSR count). The Morgan fingerprint density at radius 2 is 1.56 bits per heavy atom. The van der Waals surface area contributed by atoms with Crippen LogP contribution < -0.4 is 0 Å². The summed E-state index contributed by atoms with van der Waals surface area (Å²) in [6.45, 7) is 1.59. The lowest BCUT2D eigenvalue weighted by Crippen LogP contribution is -2.51. The summed E-state index contributed by atoms with van der Waals surface area (Å²) in [4.78, 5) is 15.2. The smallest absolute Gasteiger partial charge is 0.243 e. The lowest BCUT2D eigenvalue weighted by atomic mass is 9.82. The molecule has 1 atom stereocenters. The molecular weight excluding hydrogens is 360 g/mol. The van der Waals surface area contributed by atoms with Crippen LogP contribution in [0.2, 0.25) is 0 Å². The summed E-state index contributed by atoms with van der Waals surface area (Å²) in [5.74, 6) is 0.0474. The number of rotatable bonds is 3. The Bertz CT molecular complexity index is 919. The maximum absolute atomic E-state index is 13.1. The predicted molar refractivity (Wildman–Crippen MR) is 104 cm³/mol. The Hall–Kier alpha value is -2.18. The number of carbonyl (C=O) groups excluding carboxylic acids is 1. The quantitative estimate of drug-likeness (QED) is 0.817. The molecular formula is C21H24N2O3S. The van der Waals surface area contributed by atoms with Crippen molar-refractivity contribution in [3.8, 4) is 0 Å². The summed E-state index contributed by atoms with van der Waals surface area (Å²) in [7, 11) is -3.49. The van der Waals surface area contributed by atoms with Gasteiger partial charge in [-0.15, -0.1) is 0 Å². The zero-order valence-corrected chi connectivity index (χ0v) is 16.1. The van der Waals surface area contributed by atoms with Gasteiger partial charge in [-0.2, -0.15) is 4.31 Å². The number of amides is 1. The van der Waals surface area contributed by atoms with Gasteiger partial charge in [-0.3, -0.25) is 4.79 Å². The third-order valence-electron chi connectivity index (χ3n) is 5.60. The summed E-state index contributed by atoms with van der Waals surface area (Å²) in [5, 5.41) is 0. The highest BCUT2D eigenvalue weighted by Gasteiger charge is 2.34. The minimum absolute atomic E-state index is 0.0905. The highest BCUT2D eigenvalue weighted by Crippen LogP contribution is 2.33. The monoisotopic (exact) mass is 384 g/mol. The van der Waals surface area contributed by atoms with E-state index < -0.39 is 10.0 Å². The molecule has 0 unspecified atom stereocenters. The molecule has 0 N–H and O–H groups in total. The first-order valence-corrected chi connectivity index (χ1v) is 10.9. The molecule has 142 valence electrons. The molecule has 0 spiro atoms. The zero-order chi connectivity index (χ0) is 18.9. The highest BCUT2D eigenvalue weighted by atomic mass is 32.2. The van der Waals surface area contributed by atoms with Crippen LogP contribution in [0.15, 0.2) is 59.5 Å². The summed E-state index contributed by atoms with van der Waals surface area (Å²) < 4.78 is 27.0. The Labute approximate surface area is 160 Å². The SMILES string of the molecule is O=C([C@@H]1CCCc2ccccc21)N1CCN(S(=O)(=O)c2ccccc2)CC1. The largest absolute Gasteiger partial charge is 0.340 e. The van der Waals surface area contributed by atoms with Crippen LogP contribution in [0.4, 0.5) is 0 Å². The normalized spacial score (nSPS) is 20.9. The van der Waals surface area contributed by atoms with Crippen molar-refractivity contribution in [1.29, 1.82) is 0 Å². The van der Waals surface area contributed by atoms with E-state index in [9.17, 15) is 13.2 Å². The number of piperazine rings is 1. The molecule has 2 aliphatic rings. The first-order valence-electron chi connectivity index (χ1n) is 9.49. The predicted octanol–water partition coefficient (Wildman–Crippen LogP) is 2.64. The van der Waals surface area contributed by atoms with Gasteiger partial charge in [0.15, 0.2) is 0 Å². The van der Waals surface area contributed by atoms with Crippen molar-refractivity contribution in [2.75, 3.05) is 26.2 Å². The fourth-order valence-corrected chi connectivity index (χ4v) is 5.56. The van der Waals surface area contributed by atoms with Crippen molar-refractivity contribution in [3.05, 3.63) is 65.7 Å². The maximum Gasteiger partial charge on any atom is 0.243 e. The van der Waals surface area contributed by atoms with Crippen molar-refractivity contribution in [1.82, 2.24) is 9.21 Å². The first-order chi connectivity index (χ1) is 13.1. The number of aryl methyl sites for hydroxylation is 1. The van der Waals surface area contributed by atoms with Gasteiger partial charge < -0.3 is 4.90 Å². The number of nitrogens with zero attached hydrogens (tertiary/aromatic N) is 2. The van der Waals surface area contributed by atoms with Crippen LogP contribution in [0.5, 0.6) is 0 Å². The summed E-state index contributed by atoms with van der Waals surface area (Å²) in [6, 6.07) is 16.7. The molecule has 1 heterocycles. The standard InChI is InChI=1S/C21H24N2O3S/c24-21(20-12-6-8-17-7-4-5-11-19(17)20)22-13-15-23(16-14-22)27(25,26)18-9-2-1-3-10-18/h1-5,7,9-11,20H,6,8,12-16H2/t20-/m1/s1. The van der Waals surface area contributed by atoms with Gasteiger partial charge in [0.25, 0.3) is 0 Å². The molecule has 1 aliphatic heterocycles. The van der Waals surface area contributed by atoms with Crippen molar-refractivity contribution in [2.45, 2.75) is 30.1 Å². The maximum atomic E-state index is 13.1. The Balaban J connectivity index is 1.45. The van der Waals surface area contributed by atoms with Crippen molar-refractivity contribution in [2.24, 2.45) is 0 Å². The second-order valence-corrected chi connectivity index (χ2v) is 9.12. The average Bonchev–Trinajstić information content (AvgIpc) is 2.73. The molecule has 1 aliphatic carbocycles. The van der Waals surface area contributed by atoms with Crippen LogP contribution in [0, 0.1) is 0 Å². The molecule has 0 bridgehead atoms. The molecule has 0 saturated carbocycles. The fraction of sp³-hybridized carbons (Fsp3) is 0.381. The molecule has 5 nitrogen and oxygen atoms in total. The molecule has 6 heteroatoms. The highest BCUT2D eigenvalue weighted by molar-refractivity contribution is 7.89. The van der Waals surface area contributed by atoms with Crippen LogP contribution >= 0.6 is 0 Å². The lowest BCUT2D eigenvalue weighted by molar-refractivity contribution is -0.134. The van der Waals surface area contributed by atoms with Gasteiger partial charge in [-0.25, -0.2) is 8.42 Å². The number of sulfonamides is 1. The van der Waals surface area contributed by atoms with Gasteiger partial charge in [0.2, 0.25) is 15.9 Å². The molecule has 1 fully saturated rings. The Morgan fingerprint density at radius 3 is 2.30 bits per heavy atom. The third-order valence-corrected chi connectivity index (χ3v) is 7.51. The van der Waals surface area contributed by atoms with Gasteiger partial charge in [0, 0.05) is 26.2 Å². The molecule has 0 radical (unpaired) electrons. The lowest BCUT2D eigenvalue weighted by Gasteiger charge is -2.37. The fourth-order valence-electron chi connectivity index (χ4n) is 4.12. The Kier molecular flexibility index (Phi) is 5.02. The van der Waals surface area contributed by atoms with Crippen molar-refractivity contribution < 1.29 is 13.2 Å². The number of hydrogen-bond acceptors (Lipinski definition) is 3. The van der Waals surface area contributed by atoms with E-state index >= 15 is 0 Å². The minimum Gasteiger partial charge on any atom is -0.340 e. The summed E-state index contributed by atoms with van der Waals surface area (Å²) in [6.07, 6.45) is 2.93. The van der Waals surface area contributed by atoms with Gasteiger partial charge in [0.1, 0.15) is 0 Å². The van der Waals surface area contributed by atoms with Crippen molar-refractivity contribution in [3.63, 3.8) is 0 Å². The van der Waals surface area contributed by atoms with Gasteiger partial charge in [0.05, 0.1) is 10.8 Å². The van der Waals surface area contributed by atoms with E-state index in [2.05, 4.69) is 12.1 Å². The Morgan fingerprint density at radius 1 is 0.889 bits per heavy atom. The molecule has 0 aromatic heterocycles. The van der Waals surface area contributed by atoms with Crippen LogP contribution in [-0.4, -0.2) is 49.7 Å². The topological polar surface area (TPSA) is 57.7 Å². The minimum atomic E-state index is -3.49. The first kappa shape index (κ1) is 18.2. The van der Waals surface area contributed by atoms with Gasteiger partial charge in [-0.1, -0.05) is 42.5 Å². The third kappa shape index (κ3) is 3.51. The van der Waals surface area contributed by atoms with E-state index in [1.807, 2.05) is 17.0 Å². The van der Waals surface area contributed by atoms with Crippen LogP contribution in [0.1, 0.15) is 29.9 Å². The van der Waals surface area contributed by atoms with E-state index in [0.717, 1.165) is 24.8 Å². The molecule has 2 aromatic rings. The summed E-state index contributed by atoms with van der Waals surface area (Å²) in [5.41, 5.74) is 2.42. The summed E-state index contributed by atoms with van der Waals surface area (Å²) >= 11 is 0. The second-order valence-electron chi connectivity index (χ2n) is 7.19. The number of hydrogen-bond donors (Lipinski definition) is 0. The van der Waals surface area contributed by atoms with Crippen LogP contribution in [0.25, 0.3) is 0 Å². The molecule has 1 amide bonds. The van der Waals surface area contributed by atoms with E-state index in [1.165, 1.54) is 9.87 Å². The van der Waals surface area contributed by atoms with E-state index in [0.29, 0.717) is 31.1 Å². The van der Waals surface area contributed by atoms with E-state index in [4.69, 9.17) is 0 Å².